The molecule has 0 unspecified atom stereocenters. The molecule has 1 aromatic carbocycles. The number of halogens is 2. The first-order chi connectivity index (χ1) is 10.0. The van der Waals surface area contributed by atoms with E-state index in [4.69, 9.17) is 0 Å². The number of alkyl halides is 2. The molecule has 0 aromatic heterocycles. The van der Waals surface area contributed by atoms with Crippen molar-refractivity contribution in [3.63, 3.8) is 0 Å². The molecule has 0 radical (unpaired) electrons. The van der Waals surface area contributed by atoms with Crippen molar-refractivity contribution in [3.05, 3.63) is 29.8 Å². The lowest BCUT2D eigenvalue weighted by Crippen LogP contribution is -2.34. The van der Waals surface area contributed by atoms with Gasteiger partial charge in [-0.15, -0.1) is 0 Å². The van der Waals surface area contributed by atoms with Gasteiger partial charge in [0.1, 0.15) is 5.75 Å². The molecule has 1 fully saturated rings. The van der Waals surface area contributed by atoms with Gasteiger partial charge < -0.3 is 14.9 Å². The first-order valence-corrected chi connectivity index (χ1v) is 7.11. The Kier molecular flexibility index (Phi) is 5.50. The van der Waals surface area contributed by atoms with Crippen molar-refractivity contribution >= 4 is 0 Å². The average Bonchev–Trinajstić information content (AvgIpc) is 2.64. The van der Waals surface area contributed by atoms with Crippen LogP contribution in [0.25, 0.3) is 0 Å². The summed E-state index contributed by atoms with van der Waals surface area (Å²) in [7, 11) is 0. The lowest BCUT2D eigenvalue weighted by molar-refractivity contribution is -0.0508. The van der Waals surface area contributed by atoms with Gasteiger partial charge in [0, 0.05) is 18.7 Å². The van der Waals surface area contributed by atoms with E-state index in [9.17, 15) is 19.0 Å². The predicted octanol–water partition coefficient (Wildman–Crippen LogP) is 2.00. The second kappa shape index (κ2) is 7.15. The van der Waals surface area contributed by atoms with Gasteiger partial charge >= 0.3 is 6.61 Å². The zero-order valence-electron chi connectivity index (χ0n) is 11.8. The number of hydrogen-bond acceptors (Lipinski definition) is 4. The molecule has 0 bridgehead atoms. The number of benzene rings is 1. The third-order valence-corrected chi connectivity index (χ3v) is 3.89. The Bertz CT molecular complexity index is 458. The number of aliphatic hydroxyl groups is 2. The van der Waals surface area contributed by atoms with Crippen molar-refractivity contribution in [2.75, 3.05) is 19.7 Å². The molecule has 4 nitrogen and oxygen atoms in total. The number of nitrogens with zero attached hydrogens (tertiary/aromatic N) is 1. The van der Waals surface area contributed by atoms with Crippen LogP contribution < -0.4 is 4.74 Å². The Morgan fingerprint density at radius 3 is 2.71 bits per heavy atom. The second-order valence-electron chi connectivity index (χ2n) is 5.50. The number of para-hydroxylation sites is 1. The number of likely N-dealkylation sites (tertiary alicyclic amines) is 1. The molecule has 1 aliphatic rings. The SMILES string of the molecule is OC[C@@]1(O)CCCN(Cc2ccccc2OC(F)F)CC1. The molecule has 21 heavy (non-hydrogen) atoms. The largest absolute Gasteiger partial charge is 0.434 e. The molecule has 1 heterocycles. The van der Waals surface area contributed by atoms with Gasteiger partial charge in [0.05, 0.1) is 12.2 Å². The Hall–Kier alpha value is -1.24. The lowest BCUT2D eigenvalue weighted by Gasteiger charge is -2.24. The monoisotopic (exact) mass is 301 g/mol. The van der Waals surface area contributed by atoms with Crippen LogP contribution in [0.4, 0.5) is 8.78 Å². The van der Waals surface area contributed by atoms with Gasteiger partial charge in [-0.05, 0) is 31.9 Å². The van der Waals surface area contributed by atoms with Gasteiger partial charge in [-0.3, -0.25) is 4.90 Å². The molecule has 2 rings (SSSR count). The van der Waals surface area contributed by atoms with Crippen LogP contribution in [0.5, 0.6) is 5.75 Å². The second-order valence-corrected chi connectivity index (χ2v) is 5.50. The maximum atomic E-state index is 12.4. The Labute approximate surface area is 123 Å². The standard InChI is InChI=1S/C15H21F2NO3/c16-14(17)21-13-5-2-1-4-12(13)10-18-8-3-6-15(20,11-19)7-9-18/h1-2,4-5,14,19-20H,3,6-11H2/t15-/m1/s1. The molecule has 2 N–H and O–H groups in total. The van der Waals surface area contributed by atoms with Crippen LogP contribution in [0, 0.1) is 0 Å². The quantitative estimate of drug-likeness (QED) is 0.873. The molecular weight excluding hydrogens is 280 g/mol. The van der Waals surface area contributed by atoms with E-state index in [1.54, 1.807) is 18.2 Å². The van der Waals surface area contributed by atoms with E-state index in [1.165, 1.54) is 6.07 Å². The number of hydrogen-bond donors (Lipinski definition) is 2. The Morgan fingerprint density at radius 2 is 2.00 bits per heavy atom. The molecule has 1 aromatic rings. The van der Waals surface area contributed by atoms with Crippen molar-refractivity contribution in [1.29, 1.82) is 0 Å². The average molecular weight is 301 g/mol. The summed E-state index contributed by atoms with van der Waals surface area (Å²) in [4.78, 5) is 2.08. The summed E-state index contributed by atoms with van der Waals surface area (Å²) < 4.78 is 29.3. The highest BCUT2D eigenvalue weighted by molar-refractivity contribution is 5.33. The summed E-state index contributed by atoms with van der Waals surface area (Å²) in [6.45, 7) is -1.23. The highest BCUT2D eigenvalue weighted by atomic mass is 19.3. The van der Waals surface area contributed by atoms with Gasteiger partial charge in [0.2, 0.25) is 0 Å². The van der Waals surface area contributed by atoms with Gasteiger partial charge in [-0.25, -0.2) is 0 Å². The molecule has 1 saturated heterocycles. The van der Waals surface area contributed by atoms with Crippen molar-refractivity contribution in [3.8, 4) is 5.75 Å². The summed E-state index contributed by atoms with van der Waals surface area (Å²) in [5, 5.41) is 19.3. The molecule has 1 atom stereocenters. The van der Waals surface area contributed by atoms with Crippen LogP contribution >= 0.6 is 0 Å². The topological polar surface area (TPSA) is 52.9 Å². The van der Waals surface area contributed by atoms with Crippen LogP contribution in [0.15, 0.2) is 24.3 Å². The first kappa shape index (κ1) is 16.1. The van der Waals surface area contributed by atoms with Crippen molar-refractivity contribution in [2.24, 2.45) is 0 Å². The van der Waals surface area contributed by atoms with Gasteiger partial charge in [0.15, 0.2) is 0 Å². The zero-order valence-corrected chi connectivity index (χ0v) is 11.8. The van der Waals surface area contributed by atoms with E-state index in [2.05, 4.69) is 9.64 Å². The molecular formula is C15H21F2NO3. The zero-order chi connectivity index (χ0) is 15.3. The van der Waals surface area contributed by atoms with Gasteiger partial charge in [-0.1, -0.05) is 18.2 Å². The highest BCUT2D eigenvalue weighted by Gasteiger charge is 2.29. The van der Waals surface area contributed by atoms with E-state index >= 15 is 0 Å². The fourth-order valence-electron chi connectivity index (χ4n) is 2.64. The molecule has 1 aliphatic heterocycles. The lowest BCUT2D eigenvalue weighted by atomic mass is 9.96. The summed E-state index contributed by atoms with van der Waals surface area (Å²) in [6, 6.07) is 6.74. The first-order valence-electron chi connectivity index (χ1n) is 7.11. The summed E-state index contributed by atoms with van der Waals surface area (Å²) in [5.41, 5.74) is -0.319. The van der Waals surface area contributed by atoms with E-state index in [0.29, 0.717) is 31.5 Å². The molecule has 118 valence electrons. The Balaban J connectivity index is 2.01. The Morgan fingerprint density at radius 1 is 1.24 bits per heavy atom. The summed E-state index contributed by atoms with van der Waals surface area (Å²) in [6.07, 6.45) is 1.78. The van der Waals surface area contributed by atoms with Gasteiger partial charge in [-0.2, -0.15) is 8.78 Å². The smallest absolute Gasteiger partial charge is 0.387 e. The van der Waals surface area contributed by atoms with Crippen molar-refractivity contribution in [2.45, 2.75) is 38.0 Å². The van der Waals surface area contributed by atoms with E-state index < -0.39 is 12.2 Å². The third-order valence-electron chi connectivity index (χ3n) is 3.89. The minimum atomic E-state index is -2.84. The van der Waals surface area contributed by atoms with Crippen LogP contribution in [0.2, 0.25) is 0 Å². The van der Waals surface area contributed by atoms with Crippen molar-refractivity contribution in [1.82, 2.24) is 4.90 Å². The molecule has 6 heteroatoms. The maximum Gasteiger partial charge on any atom is 0.387 e. The summed E-state index contributed by atoms with van der Waals surface area (Å²) >= 11 is 0. The molecule has 0 aliphatic carbocycles. The molecule has 0 spiro atoms. The van der Waals surface area contributed by atoms with Crippen LogP contribution in [0.1, 0.15) is 24.8 Å². The molecule has 0 amide bonds. The number of ether oxygens (including phenoxy) is 1. The normalized spacial score (nSPS) is 24.0. The van der Waals surface area contributed by atoms with Crippen LogP contribution in [-0.4, -0.2) is 47.0 Å². The van der Waals surface area contributed by atoms with E-state index in [1.807, 2.05) is 0 Å². The molecule has 0 saturated carbocycles. The third kappa shape index (κ3) is 4.62. The highest BCUT2D eigenvalue weighted by Crippen LogP contribution is 2.26. The summed E-state index contributed by atoms with van der Waals surface area (Å²) in [5.74, 6) is 0.189. The van der Waals surface area contributed by atoms with Crippen LogP contribution in [-0.2, 0) is 6.54 Å². The predicted molar refractivity (Wildman–Crippen MR) is 74.2 cm³/mol. The van der Waals surface area contributed by atoms with E-state index in [-0.39, 0.29) is 12.4 Å². The fourth-order valence-corrected chi connectivity index (χ4v) is 2.64. The maximum absolute atomic E-state index is 12.4. The van der Waals surface area contributed by atoms with Crippen molar-refractivity contribution < 1.29 is 23.7 Å². The number of aliphatic hydroxyl groups excluding tert-OH is 1. The minimum absolute atomic E-state index is 0.189. The van der Waals surface area contributed by atoms with E-state index in [0.717, 1.165) is 13.0 Å². The minimum Gasteiger partial charge on any atom is -0.434 e. The van der Waals surface area contributed by atoms with Gasteiger partial charge in [0.25, 0.3) is 0 Å². The van der Waals surface area contributed by atoms with Crippen LogP contribution in [0.3, 0.4) is 0 Å². The number of rotatable bonds is 5. The fraction of sp³-hybridized carbons (Fsp3) is 0.600.